The lowest BCUT2D eigenvalue weighted by atomic mass is 10.1. The fraction of sp³-hybridized carbons (Fsp3) is 0.125. The van der Waals surface area contributed by atoms with Crippen LogP contribution >= 0.6 is 0 Å². The summed E-state index contributed by atoms with van der Waals surface area (Å²) in [5, 5.41) is 2.82. The molecule has 2 aromatic heterocycles. The van der Waals surface area contributed by atoms with Crippen LogP contribution in [0.25, 0.3) is 10.9 Å². The minimum atomic E-state index is -4.47. The Morgan fingerprint density at radius 3 is 2.65 bits per heavy atom. The highest BCUT2D eigenvalue weighted by Crippen LogP contribution is 2.33. The van der Waals surface area contributed by atoms with Crippen LogP contribution in [0.3, 0.4) is 0 Å². The molecular weight excluding hydrogens is 309 g/mol. The van der Waals surface area contributed by atoms with E-state index in [0.717, 1.165) is 12.1 Å². The van der Waals surface area contributed by atoms with Gasteiger partial charge in [0, 0.05) is 11.6 Å². The number of hydrogen-bond donors (Lipinski definition) is 1. The first-order valence-corrected chi connectivity index (χ1v) is 6.67. The van der Waals surface area contributed by atoms with Gasteiger partial charge in [0.15, 0.2) is 0 Å². The van der Waals surface area contributed by atoms with Crippen molar-refractivity contribution in [3.8, 4) is 0 Å². The summed E-state index contributed by atoms with van der Waals surface area (Å²) in [5.74, 6) is -0.0296. The average molecular weight is 320 g/mol. The van der Waals surface area contributed by atoms with E-state index in [1.807, 2.05) is 0 Å². The highest BCUT2D eigenvalue weighted by atomic mass is 19.4. The van der Waals surface area contributed by atoms with Crippen molar-refractivity contribution in [2.24, 2.45) is 0 Å². The molecule has 1 N–H and O–H groups in total. The van der Waals surface area contributed by atoms with Crippen molar-refractivity contribution in [3.05, 3.63) is 59.7 Å². The zero-order chi connectivity index (χ0) is 16.6. The number of nitrogens with one attached hydrogen (secondary N) is 1. The van der Waals surface area contributed by atoms with E-state index in [2.05, 4.69) is 10.3 Å². The Morgan fingerprint density at radius 1 is 1.22 bits per heavy atom. The number of alkyl halides is 3. The maximum absolute atomic E-state index is 12.9. The van der Waals surface area contributed by atoms with E-state index in [9.17, 15) is 18.0 Å². The van der Waals surface area contributed by atoms with Crippen LogP contribution in [-0.4, -0.2) is 10.9 Å². The number of amides is 1. The summed E-state index contributed by atoms with van der Waals surface area (Å²) in [5.41, 5.74) is 0.140. The Bertz CT molecular complexity index is 884. The van der Waals surface area contributed by atoms with E-state index in [-0.39, 0.29) is 11.1 Å². The monoisotopic (exact) mass is 320 g/mol. The van der Waals surface area contributed by atoms with E-state index in [1.54, 1.807) is 6.92 Å². The predicted octanol–water partition coefficient (Wildman–Crippen LogP) is 4.41. The van der Waals surface area contributed by atoms with Gasteiger partial charge < -0.3 is 9.73 Å². The number of carbonyl (C=O) groups excluding carboxylic acids is 1. The van der Waals surface area contributed by atoms with Crippen molar-refractivity contribution < 1.29 is 22.4 Å². The summed E-state index contributed by atoms with van der Waals surface area (Å²) in [7, 11) is 0. The zero-order valence-electron chi connectivity index (χ0n) is 11.9. The molecule has 3 aromatic rings. The molecule has 0 aliphatic heterocycles. The third-order valence-corrected chi connectivity index (χ3v) is 3.42. The van der Waals surface area contributed by atoms with Gasteiger partial charge in [-0.3, -0.25) is 9.78 Å². The number of anilines is 1. The number of hydrogen-bond acceptors (Lipinski definition) is 3. The van der Waals surface area contributed by atoms with E-state index in [0.29, 0.717) is 16.8 Å². The quantitative estimate of drug-likeness (QED) is 0.761. The summed E-state index contributed by atoms with van der Waals surface area (Å²) in [6, 6.07) is 6.16. The highest BCUT2D eigenvalue weighted by Gasteiger charge is 2.30. The number of fused-ring (bicyclic) bond motifs is 1. The topological polar surface area (TPSA) is 55.1 Å². The van der Waals surface area contributed by atoms with Crippen LogP contribution in [-0.2, 0) is 6.18 Å². The fourth-order valence-electron chi connectivity index (χ4n) is 2.24. The van der Waals surface area contributed by atoms with Gasteiger partial charge >= 0.3 is 6.18 Å². The summed E-state index contributed by atoms with van der Waals surface area (Å²) < 4.78 is 43.7. The summed E-state index contributed by atoms with van der Waals surface area (Å²) in [4.78, 5) is 16.2. The Morgan fingerprint density at radius 2 is 2.00 bits per heavy atom. The van der Waals surface area contributed by atoms with Crippen LogP contribution in [0, 0.1) is 6.92 Å². The van der Waals surface area contributed by atoms with Crippen LogP contribution in [0.2, 0.25) is 0 Å². The Balaban J connectivity index is 2.03. The first-order chi connectivity index (χ1) is 10.9. The van der Waals surface area contributed by atoms with Gasteiger partial charge in [-0.05, 0) is 37.3 Å². The van der Waals surface area contributed by atoms with E-state index in [4.69, 9.17) is 4.42 Å². The minimum Gasteiger partial charge on any atom is -0.469 e. The Labute approximate surface area is 128 Å². The molecule has 4 nitrogen and oxygen atoms in total. The Hall–Kier alpha value is -2.83. The molecule has 1 amide bonds. The molecule has 23 heavy (non-hydrogen) atoms. The first-order valence-electron chi connectivity index (χ1n) is 6.67. The first kappa shape index (κ1) is 15.1. The standard InChI is InChI=1S/C16H11F3N2O2/c1-9-11(5-7-23-9)15(22)21-14-4-6-20-13-3-2-10(8-12(13)14)16(17,18)19/h2-8H,1H3,(H,20,21,22). The maximum Gasteiger partial charge on any atom is 0.416 e. The molecule has 3 rings (SSSR count). The van der Waals surface area contributed by atoms with Crippen molar-refractivity contribution >= 4 is 22.5 Å². The molecule has 2 heterocycles. The van der Waals surface area contributed by atoms with E-state index in [1.165, 1.54) is 30.7 Å². The third kappa shape index (κ3) is 2.90. The highest BCUT2D eigenvalue weighted by molar-refractivity contribution is 6.09. The smallest absolute Gasteiger partial charge is 0.416 e. The van der Waals surface area contributed by atoms with Gasteiger partial charge in [-0.25, -0.2) is 0 Å². The number of carbonyl (C=O) groups is 1. The fourth-order valence-corrected chi connectivity index (χ4v) is 2.24. The van der Waals surface area contributed by atoms with Crippen LogP contribution in [0.5, 0.6) is 0 Å². The molecule has 7 heteroatoms. The number of nitrogens with zero attached hydrogens (tertiary/aromatic N) is 1. The average Bonchev–Trinajstić information content (AvgIpc) is 2.92. The second-order valence-corrected chi connectivity index (χ2v) is 4.93. The lowest BCUT2D eigenvalue weighted by Crippen LogP contribution is -2.13. The van der Waals surface area contributed by atoms with Gasteiger partial charge in [0.05, 0.1) is 28.6 Å². The van der Waals surface area contributed by atoms with Crippen LogP contribution in [0.4, 0.5) is 18.9 Å². The molecule has 0 radical (unpaired) electrons. The van der Waals surface area contributed by atoms with Crippen LogP contribution in [0.15, 0.2) is 47.2 Å². The second-order valence-electron chi connectivity index (χ2n) is 4.93. The number of aromatic nitrogens is 1. The molecule has 0 saturated heterocycles. The van der Waals surface area contributed by atoms with Crippen LogP contribution in [0.1, 0.15) is 21.7 Å². The minimum absolute atomic E-state index is 0.219. The van der Waals surface area contributed by atoms with Gasteiger partial charge in [-0.15, -0.1) is 0 Å². The third-order valence-electron chi connectivity index (χ3n) is 3.42. The molecule has 118 valence electrons. The molecule has 1 aromatic carbocycles. The largest absolute Gasteiger partial charge is 0.469 e. The van der Waals surface area contributed by atoms with Crippen molar-refractivity contribution in [3.63, 3.8) is 0 Å². The van der Waals surface area contributed by atoms with Gasteiger partial charge in [-0.1, -0.05) is 0 Å². The second kappa shape index (κ2) is 5.42. The SMILES string of the molecule is Cc1occc1C(=O)Nc1ccnc2ccc(C(F)(F)F)cc12. The normalized spacial score (nSPS) is 11.7. The van der Waals surface area contributed by atoms with Gasteiger partial charge in [0.25, 0.3) is 5.91 Å². The zero-order valence-corrected chi connectivity index (χ0v) is 11.9. The number of aryl methyl sites for hydroxylation is 1. The molecular formula is C16H11F3N2O2. The summed E-state index contributed by atoms with van der Waals surface area (Å²) in [6.45, 7) is 1.63. The van der Waals surface area contributed by atoms with Gasteiger partial charge in [0.2, 0.25) is 0 Å². The lowest BCUT2D eigenvalue weighted by molar-refractivity contribution is -0.137. The van der Waals surface area contributed by atoms with Crippen molar-refractivity contribution in [2.75, 3.05) is 5.32 Å². The molecule has 0 spiro atoms. The van der Waals surface area contributed by atoms with Crippen LogP contribution < -0.4 is 5.32 Å². The molecule has 0 saturated carbocycles. The summed E-state index contributed by atoms with van der Waals surface area (Å²) in [6.07, 6.45) is -1.67. The lowest BCUT2D eigenvalue weighted by Gasteiger charge is -2.11. The maximum atomic E-state index is 12.9. The summed E-state index contributed by atoms with van der Waals surface area (Å²) >= 11 is 0. The van der Waals surface area contributed by atoms with Gasteiger partial charge in [0.1, 0.15) is 5.76 Å². The van der Waals surface area contributed by atoms with E-state index < -0.39 is 17.6 Å². The molecule has 0 fully saturated rings. The number of pyridine rings is 1. The Kier molecular flexibility index (Phi) is 3.55. The number of furan rings is 1. The van der Waals surface area contributed by atoms with Crippen molar-refractivity contribution in [1.82, 2.24) is 4.98 Å². The number of benzene rings is 1. The number of rotatable bonds is 2. The molecule has 0 bridgehead atoms. The van der Waals surface area contributed by atoms with Crippen molar-refractivity contribution in [2.45, 2.75) is 13.1 Å². The van der Waals surface area contributed by atoms with Gasteiger partial charge in [-0.2, -0.15) is 13.2 Å². The molecule has 0 atom stereocenters. The van der Waals surface area contributed by atoms with E-state index >= 15 is 0 Å². The molecule has 0 aliphatic rings. The number of halogens is 3. The van der Waals surface area contributed by atoms with Crippen molar-refractivity contribution in [1.29, 1.82) is 0 Å². The molecule has 0 aliphatic carbocycles. The molecule has 0 unspecified atom stereocenters. The predicted molar refractivity (Wildman–Crippen MR) is 78.1 cm³/mol.